The number of rotatable bonds is 10. The van der Waals surface area contributed by atoms with Gasteiger partial charge in [-0.05, 0) is 138 Å². The van der Waals surface area contributed by atoms with Crippen LogP contribution in [0.15, 0.2) is 60.2 Å². The Labute approximate surface area is 256 Å². The van der Waals surface area contributed by atoms with Crippen LogP contribution in [-0.4, -0.2) is 11.4 Å². The largest absolute Gasteiger partial charge is 0.299 e. The van der Waals surface area contributed by atoms with Crippen LogP contribution in [0.25, 0.3) is 0 Å². The van der Waals surface area contributed by atoms with Crippen LogP contribution in [0.5, 0.6) is 0 Å². The summed E-state index contributed by atoms with van der Waals surface area (Å²) in [6.45, 7) is 27.1. The molecule has 0 saturated heterocycles. The summed E-state index contributed by atoms with van der Waals surface area (Å²) < 4.78 is 0. The monoisotopic (exact) mass is 565 g/mol. The topological polar surface area (TPSA) is 48.2 Å². The lowest BCUT2D eigenvalue weighted by Crippen LogP contribution is -2.32. The second-order valence-electron chi connectivity index (χ2n) is 15.5. The van der Waals surface area contributed by atoms with Gasteiger partial charge in [-0.3, -0.25) is 10.8 Å². The van der Waals surface area contributed by atoms with Gasteiger partial charge in [0.1, 0.15) is 5.71 Å². The number of hydrogen-bond donors (Lipinski definition) is 2. The van der Waals surface area contributed by atoms with Crippen molar-refractivity contribution in [3.63, 3.8) is 0 Å². The summed E-state index contributed by atoms with van der Waals surface area (Å²) in [5, 5.41) is 13.0. The molecule has 3 nitrogen and oxygen atoms in total. The number of anilines is 1. The Bertz CT molecular complexity index is 1410. The van der Waals surface area contributed by atoms with Gasteiger partial charge in [0, 0.05) is 0 Å². The zero-order valence-electron chi connectivity index (χ0n) is 28.1. The molecule has 2 aliphatic rings. The lowest BCUT2D eigenvalue weighted by atomic mass is 9.63. The average Bonchev–Trinajstić information content (AvgIpc) is 3.59. The van der Waals surface area contributed by atoms with Gasteiger partial charge in [0.05, 0.1) is 11.4 Å². The third-order valence-corrected chi connectivity index (χ3v) is 10.9. The van der Waals surface area contributed by atoms with Gasteiger partial charge in [-0.2, -0.15) is 5.10 Å². The molecule has 1 unspecified atom stereocenters. The molecule has 42 heavy (non-hydrogen) atoms. The van der Waals surface area contributed by atoms with Crippen LogP contribution < -0.4 is 5.43 Å². The Morgan fingerprint density at radius 2 is 1.67 bits per heavy atom. The molecule has 1 atom stereocenters. The second-order valence-corrected chi connectivity index (χ2v) is 15.5. The summed E-state index contributed by atoms with van der Waals surface area (Å²) in [7, 11) is 0. The number of aryl methyl sites for hydroxylation is 1. The normalized spacial score (nSPS) is 21.3. The minimum absolute atomic E-state index is 0.0470. The van der Waals surface area contributed by atoms with Gasteiger partial charge < -0.3 is 0 Å². The van der Waals surface area contributed by atoms with Crippen LogP contribution in [0.1, 0.15) is 121 Å². The number of nitrogens with one attached hydrogen (secondary N) is 2. The van der Waals surface area contributed by atoms with E-state index >= 15 is 0 Å². The van der Waals surface area contributed by atoms with E-state index in [4.69, 9.17) is 5.41 Å². The Morgan fingerprint density at radius 3 is 2.24 bits per heavy atom. The molecular formula is C39H55N3. The Hall–Kier alpha value is -2.94. The molecule has 0 bridgehead atoms. The highest BCUT2D eigenvalue weighted by atomic mass is 15.3. The van der Waals surface area contributed by atoms with Gasteiger partial charge >= 0.3 is 0 Å². The molecule has 0 heterocycles. The van der Waals surface area contributed by atoms with E-state index in [0.717, 1.165) is 12.1 Å². The summed E-state index contributed by atoms with van der Waals surface area (Å²) in [6.07, 6.45) is 12.5. The van der Waals surface area contributed by atoms with Gasteiger partial charge in [0.2, 0.25) is 0 Å². The van der Waals surface area contributed by atoms with Crippen molar-refractivity contribution in [1.29, 1.82) is 5.41 Å². The highest BCUT2D eigenvalue weighted by molar-refractivity contribution is 6.49. The zero-order chi connectivity index (χ0) is 31.1. The molecule has 226 valence electrons. The number of hydrogen-bond acceptors (Lipinski definition) is 3. The first-order chi connectivity index (χ1) is 19.5. The summed E-state index contributed by atoms with van der Waals surface area (Å²) >= 11 is 0. The average molecular weight is 566 g/mol. The minimum Gasteiger partial charge on any atom is -0.299 e. The molecule has 2 N–H and O–H groups in total. The van der Waals surface area contributed by atoms with Crippen molar-refractivity contribution in [2.45, 2.75) is 119 Å². The lowest BCUT2D eigenvalue weighted by Gasteiger charge is -2.42. The lowest BCUT2D eigenvalue weighted by molar-refractivity contribution is 0.173. The summed E-state index contributed by atoms with van der Waals surface area (Å²) in [4.78, 5) is 0. The molecule has 2 fully saturated rings. The first-order valence-corrected chi connectivity index (χ1v) is 15.9. The van der Waals surface area contributed by atoms with Crippen molar-refractivity contribution in [2.75, 3.05) is 5.43 Å². The van der Waals surface area contributed by atoms with E-state index in [0.29, 0.717) is 28.2 Å². The minimum atomic E-state index is 0.0470. The molecule has 0 aliphatic heterocycles. The van der Waals surface area contributed by atoms with Crippen molar-refractivity contribution in [1.82, 2.24) is 0 Å². The number of benzene rings is 2. The highest BCUT2D eigenvalue weighted by Gasteiger charge is 2.54. The van der Waals surface area contributed by atoms with E-state index in [-0.39, 0.29) is 10.8 Å². The van der Waals surface area contributed by atoms with Gasteiger partial charge in [-0.1, -0.05) is 85.4 Å². The first kappa shape index (κ1) is 32.0. The predicted molar refractivity (Wildman–Crippen MR) is 183 cm³/mol. The third-order valence-electron chi connectivity index (χ3n) is 10.9. The van der Waals surface area contributed by atoms with Crippen LogP contribution in [0, 0.1) is 36.0 Å². The van der Waals surface area contributed by atoms with Crippen LogP contribution in [0.4, 0.5) is 5.69 Å². The van der Waals surface area contributed by atoms with E-state index in [1.54, 1.807) is 0 Å². The van der Waals surface area contributed by atoms with Crippen LogP contribution in [0.3, 0.4) is 0 Å². The molecule has 0 spiro atoms. The fraction of sp³-hybridized carbons (Fsp3) is 0.538. The Kier molecular flexibility index (Phi) is 8.85. The van der Waals surface area contributed by atoms with Crippen molar-refractivity contribution < 1.29 is 0 Å². The Morgan fingerprint density at radius 1 is 1.02 bits per heavy atom. The molecule has 2 saturated carbocycles. The van der Waals surface area contributed by atoms with Crippen molar-refractivity contribution in [3.8, 4) is 0 Å². The predicted octanol–water partition coefficient (Wildman–Crippen LogP) is 10.6. The molecule has 0 aromatic heterocycles. The van der Waals surface area contributed by atoms with Crippen molar-refractivity contribution >= 4 is 17.1 Å². The van der Waals surface area contributed by atoms with Crippen LogP contribution >= 0.6 is 0 Å². The van der Waals surface area contributed by atoms with Crippen molar-refractivity contribution in [2.24, 2.45) is 21.8 Å². The summed E-state index contributed by atoms with van der Waals surface area (Å²) in [6, 6.07) is 12.0. The van der Waals surface area contributed by atoms with Gasteiger partial charge in [0.25, 0.3) is 0 Å². The molecule has 3 heteroatoms. The number of nitrogens with zero attached hydrogens (tertiary/aromatic N) is 1. The molecule has 2 aliphatic carbocycles. The van der Waals surface area contributed by atoms with E-state index < -0.39 is 0 Å². The number of allylic oxidation sites excluding steroid dienone is 3. The maximum absolute atomic E-state index is 8.28. The van der Waals surface area contributed by atoms with Crippen molar-refractivity contribution in [3.05, 3.63) is 88.5 Å². The van der Waals surface area contributed by atoms with Gasteiger partial charge in [-0.15, -0.1) is 0 Å². The van der Waals surface area contributed by atoms with E-state index in [1.165, 1.54) is 71.6 Å². The van der Waals surface area contributed by atoms with Gasteiger partial charge in [-0.25, -0.2) is 0 Å². The van der Waals surface area contributed by atoms with Crippen LogP contribution in [0.2, 0.25) is 0 Å². The molecule has 0 radical (unpaired) electrons. The molecule has 0 amide bonds. The Balaban J connectivity index is 1.76. The van der Waals surface area contributed by atoms with E-state index in [2.05, 4.69) is 110 Å². The standard InChI is InChI=1S/C39H55N3/c1-12-14-33(32(40)13-2)41-42-34-24-31(38(9,10)35-25-37(35,7)8)23-29(27(34)4)21-28-22-30(16-15-26(28)3)39(11)19-17-36(5,6)18-20-39/h12-16,22-24,35,40,42H,2,17-21,25H2,1,3-11H3/b14-12-,40-32?,41-33-. The summed E-state index contributed by atoms with van der Waals surface area (Å²) in [5.41, 5.74) is 14.6. The quantitative estimate of drug-likeness (QED) is 0.218. The molecule has 4 rings (SSSR count). The smallest absolute Gasteiger partial charge is 0.108 e. The van der Waals surface area contributed by atoms with E-state index in [9.17, 15) is 0 Å². The zero-order valence-corrected chi connectivity index (χ0v) is 28.1. The SMILES string of the molecule is C=CC(=N)C(/C=C\C)=N\Nc1cc(C(C)(C)C2CC2(C)C)cc(Cc2cc(C3(C)CCC(C)(C)CC3)ccc2C)c1C. The molecular weight excluding hydrogens is 510 g/mol. The third kappa shape index (κ3) is 6.66. The fourth-order valence-corrected chi connectivity index (χ4v) is 7.13. The first-order valence-electron chi connectivity index (χ1n) is 15.9. The number of hydrazone groups is 1. The van der Waals surface area contributed by atoms with Gasteiger partial charge in [0.15, 0.2) is 0 Å². The van der Waals surface area contributed by atoms with E-state index in [1.807, 2.05) is 19.1 Å². The summed E-state index contributed by atoms with van der Waals surface area (Å²) in [5.74, 6) is 0.644. The highest BCUT2D eigenvalue weighted by Crippen LogP contribution is 2.61. The molecule has 2 aromatic rings. The maximum Gasteiger partial charge on any atom is 0.108 e. The maximum atomic E-state index is 8.28. The molecule has 2 aromatic carbocycles. The van der Waals surface area contributed by atoms with Crippen LogP contribution in [-0.2, 0) is 17.3 Å². The second kappa shape index (κ2) is 11.6. The fourth-order valence-electron chi connectivity index (χ4n) is 7.13.